The van der Waals surface area contributed by atoms with E-state index < -0.39 is 5.60 Å². The second kappa shape index (κ2) is 6.98. The van der Waals surface area contributed by atoms with Gasteiger partial charge in [0.2, 0.25) is 0 Å². The van der Waals surface area contributed by atoms with Crippen LogP contribution in [0.1, 0.15) is 79.6 Å². The van der Waals surface area contributed by atoms with Crippen molar-refractivity contribution in [1.29, 1.82) is 0 Å². The summed E-state index contributed by atoms with van der Waals surface area (Å²) in [5, 5.41) is 10.9. The Labute approximate surface area is 173 Å². The number of hydrogen-bond acceptors (Lipinski definition) is 2. The van der Waals surface area contributed by atoms with Crippen molar-refractivity contribution in [3.63, 3.8) is 0 Å². The van der Waals surface area contributed by atoms with Gasteiger partial charge < -0.3 is 10.8 Å². The minimum atomic E-state index is -0.523. The van der Waals surface area contributed by atoms with Gasteiger partial charge in [0.1, 0.15) is 0 Å². The number of aliphatic hydroxyl groups is 1. The molecule has 0 bridgehead atoms. The van der Waals surface area contributed by atoms with Crippen LogP contribution >= 0.6 is 0 Å². The van der Waals surface area contributed by atoms with Gasteiger partial charge in [-0.1, -0.05) is 51.5 Å². The summed E-state index contributed by atoms with van der Waals surface area (Å²) in [7, 11) is 0. The molecule has 0 amide bonds. The van der Waals surface area contributed by atoms with E-state index in [1.54, 1.807) is 5.57 Å². The molecule has 3 fully saturated rings. The zero-order valence-corrected chi connectivity index (χ0v) is 18.9. The normalized spacial score (nSPS) is 52.0. The number of hydrogen-bond donors (Lipinski definition) is 2. The summed E-state index contributed by atoms with van der Waals surface area (Å²) >= 11 is 0. The van der Waals surface area contributed by atoms with Crippen LogP contribution in [0.5, 0.6) is 0 Å². The Kier molecular flexibility index (Phi) is 5.15. The number of allylic oxidation sites excluding steroid dienone is 2. The molecule has 4 rings (SSSR count). The highest BCUT2D eigenvalue weighted by Gasteiger charge is 2.60. The molecule has 158 valence electrons. The molecule has 0 aromatic heterocycles. The standard InChI is InChI=1S/C26H43NO/c1-17(7-6-14-27)21-10-11-22-20-9-8-19-16-26(5,28)18(2)15-25(19,4)23(20)12-13-24(21,22)3/h6-8,17-18,20-23,28H,9-16,27H2,1-5H3/b7-6-/t17-,18?,20+,21-,22+,23+,24-,25+,26-/m1/s1. The van der Waals surface area contributed by atoms with Crippen LogP contribution in [0.4, 0.5) is 0 Å². The zero-order chi connectivity index (χ0) is 20.3. The molecule has 3 saturated carbocycles. The van der Waals surface area contributed by atoms with Crippen LogP contribution < -0.4 is 5.73 Å². The van der Waals surface area contributed by atoms with E-state index in [1.807, 2.05) is 0 Å². The number of fused-ring (bicyclic) bond motifs is 5. The predicted molar refractivity (Wildman–Crippen MR) is 118 cm³/mol. The number of rotatable bonds is 3. The van der Waals surface area contributed by atoms with Crippen LogP contribution in [0.3, 0.4) is 0 Å². The minimum Gasteiger partial charge on any atom is -0.390 e. The molecule has 4 aliphatic rings. The van der Waals surface area contributed by atoms with Crippen LogP contribution in [-0.4, -0.2) is 17.3 Å². The molecule has 0 aromatic carbocycles. The SMILES string of the molecule is CC1C[C@@]2(C)C(=CC[C@H]3[C@@H]4CC[C@H]([C@H](C)/C=C\CN)[C@@]4(C)CC[C@@H]32)C[C@@]1(C)O. The topological polar surface area (TPSA) is 46.2 Å². The fraction of sp³-hybridized carbons (Fsp3) is 0.846. The average molecular weight is 386 g/mol. The summed E-state index contributed by atoms with van der Waals surface area (Å²) in [4.78, 5) is 0. The van der Waals surface area contributed by atoms with Crippen LogP contribution in [0.15, 0.2) is 23.8 Å². The third-order valence-corrected chi connectivity index (χ3v) is 10.2. The molecule has 9 atom stereocenters. The molecule has 3 N–H and O–H groups in total. The Balaban J connectivity index is 1.61. The Hall–Kier alpha value is -0.600. The van der Waals surface area contributed by atoms with E-state index in [9.17, 15) is 5.11 Å². The summed E-state index contributed by atoms with van der Waals surface area (Å²) in [5.41, 5.74) is 7.59. The lowest BCUT2D eigenvalue weighted by Gasteiger charge is -2.60. The van der Waals surface area contributed by atoms with Gasteiger partial charge in [0.15, 0.2) is 0 Å². The first-order chi connectivity index (χ1) is 13.1. The Bertz CT molecular complexity index is 663. The van der Waals surface area contributed by atoms with E-state index in [1.165, 1.54) is 32.1 Å². The van der Waals surface area contributed by atoms with Crippen molar-refractivity contribution in [3.8, 4) is 0 Å². The predicted octanol–water partition coefficient (Wildman–Crippen LogP) is 5.71. The summed E-state index contributed by atoms with van der Waals surface area (Å²) in [5.74, 6) is 4.38. The van der Waals surface area contributed by atoms with Gasteiger partial charge in [-0.3, -0.25) is 0 Å². The van der Waals surface area contributed by atoms with Crippen molar-refractivity contribution >= 4 is 0 Å². The second-order valence-corrected chi connectivity index (χ2v) is 11.6. The smallest absolute Gasteiger partial charge is 0.0682 e. The fourth-order valence-electron chi connectivity index (χ4n) is 8.46. The van der Waals surface area contributed by atoms with E-state index in [-0.39, 0.29) is 0 Å². The van der Waals surface area contributed by atoms with Gasteiger partial charge >= 0.3 is 0 Å². The maximum absolute atomic E-state index is 10.9. The zero-order valence-electron chi connectivity index (χ0n) is 18.9. The van der Waals surface area contributed by atoms with Crippen molar-refractivity contribution in [2.75, 3.05) is 6.54 Å². The summed E-state index contributed by atoms with van der Waals surface area (Å²) in [6, 6.07) is 0. The molecule has 4 aliphatic carbocycles. The highest BCUT2D eigenvalue weighted by molar-refractivity contribution is 5.27. The van der Waals surface area contributed by atoms with Crippen LogP contribution in [0, 0.1) is 46.3 Å². The van der Waals surface area contributed by atoms with Crippen molar-refractivity contribution in [2.24, 2.45) is 52.1 Å². The van der Waals surface area contributed by atoms with Gasteiger partial charge in [0.25, 0.3) is 0 Å². The molecule has 1 unspecified atom stereocenters. The Morgan fingerprint density at radius 1 is 1.21 bits per heavy atom. The summed E-state index contributed by atoms with van der Waals surface area (Å²) in [6.07, 6.45) is 16.0. The molecule has 0 radical (unpaired) electrons. The quantitative estimate of drug-likeness (QED) is 0.611. The highest BCUT2D eigenvalue weighted by atomic mass is 16.3. The van der Waals surface area contributed by atoms with Crippen LogP contribution in [0.2, 0.25) is 0 Å². The maximum atomic E-state index is 10.9. The third-order valence-electron chi connectivity index (χ3n) is 10.2. The largest absolute Gasteiger partial charge is 0.390 e. The van der Waals surface area contributed by atoms with Crippen molar-refractivity contribution in [2.45, 2.75) is 85.2 Å². The van der Waals surface area contributed by atoms with E-state index >= 15 is 0 Å². The van der Waals surface area contributed by atoms with Gasteiger partial charge in [-0.25, -0.2) is 0 Å². The van der Waals surface area contributed by atoms with Crippen molar-refractivity contribution in [3.05, 3.63) is 23.8 Å². The first kappa shape index (κ1) is 20.7. The molecule has 0 aromatic rings. The van der Waals surface area contributed by atoms with E-state index in [2.05, 4.69) is 52.8 Å². The molecule has 0 saturated heterocycles. The average Bonchev–Trinajstić information content (AvgIpc) is 2.98. The summed E-state index contributed by atoms with van der Waals surface area (Å²) in [6.45, 7) is 12.6. The number of nitrogens with two attached hydrogens (primary N) is 1. The minimum absolute atomic E-state index is 0.315. The van der Waals surface area contributed by atoms with E-state index in [0.717, 1.165) is 36.5 Å². The maximum Gasteiger partial charge on any atom is 0.0682 e. The van der Waals surface area contributed by atoms with Crippen LogP contribution in [0.25, 0.3) is 0 Å². The monoisotopic (exact) mass is 385 g/mol. The highest BCUT2D eigenvalue weighted by Crippen LogP contribution is 2.68. The third kappa shape index (κ3) is 2.97. The molecular formula is C26H43NO. The summed E-state index contributed by atoms with van der Waals surface area (Å²) < 4.78 is 0. The van der Waals surface area contributed by atoms with Gasteiger partial charge in [-0.2, -0.15) is 0 Å². The first-order valence-corrected chi connectivity index (χ1v) is 11.9. The molecule has 2 heteroatoms. The Morgan fingerprint density at radius 3 is 2.68 bits per heavy atom. The molecule has 2 nitrogen and oxygen atoms in total. The lowest BCUT2D eigenvalue weighted by molar-refractivity contribution is -0.0898. The lowest BCUT2D eigenvalue weighted by atomic mass is 9.45. The molecule has 28 heavy (non-hydrogen) atoms. The lowest BCUT2D eigenvalue weighted by Crippen LogP contribution is -2.54. The first-order valence-electron chi connectivity index (χ1n) is 11.9. The van der Waals surface area contributed by atoms with Crippen LogP contribution in [-0.2, 0) is 0 Å². The molecule has 0 aliphatic heterocycles. The van der Waals surface area contributed by atoms with Crippen molar-refractivity contribution in [1.82, 2.24) is 0 Å². The van der Waals surface area contributed by atoms with Crippen molar-refractivity contribution < 1.29 is 5.11 Å². The van der Waals surface area contributed by atoms with Gasteiger partial charge in [0, 0.05) is 6.54 Å². The second-order valence-electron chi connectivity index (χ2n) is 11.6. The van der Waals surface area contributed by atoms with E-state index in [4.69, 9.17) is 5.73 Å². The molecule has 0 spiro atoms. The van der Waals surface area contributed by atoms with Gasteiger partial charge in [-0.05, 0) is 98.2 Å². The molecule has 0 heterocycles. The fourth-order valence-corrected chi connectivity index (χ4v) is 8.46. The van der Waals surface area contributed by atoms with E-state index in [0.29, 0.717) is 29.2 Å². The molecular weight excluding hydrogens is 342 g/mol. The van der Waals surface area contributed by atoms with Gasteiger partial charge in [0.05, 0.1) is 5.60 Å². The Morgan fingerprint density at radius 2 is 1.96 bits per heavy atom. The van der Waals surface area contributed by atoms with Gasteiger partial charge in [-0.15, -0.1) is 0 Å².